The molecule has 1 aromatic carbocycles. The summed E-state index contributed by atoms with van der Waals surface area (Å²) in [5, 5.41) is 5.60. The minimum absolute atomic E-state index is 0.297. The van der Waals surface area contributed by atoms with Gasteiger partial charge in [0.15, 0.2) is 0 Å². The van der Waals surface area contributed by atoms with Gasteiger partial charge < -0.3 is 5.32 Å². The average Bonchev–Trinajstić information content (AvgIpc) is 3.06. The van der Waals surface area contributed by atoms with E-state index in [1.54, 1.807) is 11.3 Å². The summed E-state index contributed by atoms with van der Waals surface area (Å²) in [6.07, 6.45) is 3.47. The number of halogens is 2. The van der Waals surface area contributed by atoms with Crippen molar-refractivity contribution in [2.45, 2.75) is 25.8 Å². The number of rotatable bonds is 3. The molecule has 6 heteroatoms. The van der Waals surface area contributed by atoms with Gasteiger partial charge in [0.1, 0.15) is 10.6 Å². The van der Waals surface area contributed by atoms with Gasteiger partial charge in [0, 0.05) is 16.4 Å². The minimum atomic E-state index is 0.297. The van der Waals surface area contributed by atoms with Gasteiger partial charge in [0.25, 0.3) is 0 Å². The number of hydrogen-bond acceptors (Lipinski definition) is 4. The fraction of sp³-hybridized carbons (Fsp3) is 0.250. The van der Waals surface area contributed by atoms with Crippen LogP contribution in [0, 0.1) is 0 Å². The Bertz CT molecular complexity index is 843. The molecule has 1 aliphatic rings. The molecular formula is C16H13Cl2N3S. The molecule has 0 saturated heterocycles. The van der Waals surface area contributed by atoms with E-state index in [1.807, 2.05) is 24.3 Å². The molecule has 0 aliphatic heterocycles. The zero-order valence-corrected chi connectivity index (χ0v) is 14.0. The molecule has 22 heavy (non-hydrogen) atoms. The molecule has 3 aromatic rings. The molecule has 0 amide bonds. The number of aromatic nitrogens is 2. The topological polar surface area (TPSA) is 37.8 Å². The lowest BCUT2D eigenvalue weighted by Gasteiger charge is -2.08. The standard InChI is InChI=1S/C16H13Cl2N3S/c17-10-6-4-9(5-7-10)8-19-14-13-11-2-1-3-12(11)22-15(13)21-16(18)20-14/h4-7H,1-3,8H2,(H,19,20,21). The van der Waals surface area contributed by atoms with Gasteiger partial charge in [0.2, 0.25) is 5.28 Å². The summed E-state index contributed by atoms with van der Waals surface area (Å²) < 4.78 is 0. The van der Waals surface area contributed by atoms with E-state index >= 15 is 0 Å². The van der Waals surface area contributed by atoms with Gasteiger partial charge in [-0.15, -0.1) is 11.3 Å². The van der Waals surface area contributed by atoms with Gasteiger partial charge in [-0.1, -0.05) is 23.7 Å². The number of hydrogen-bond donors (Lipinski definition) is 1. The number of benzene rings is 1. The van der Waals surface area contributed by atoms with Crippen LogP contribution in [0.4, 0.5) is 5.82 Å². The van der Waals surface area contributed by atoms with E-state index in [2.05, 4.69) is 15.3 Å². The summed E-state index contributed by atoms with van der Waals surface area (Å²) in [5.41, 5.74) is 2.55. The SMILES string of the molecule is Clc1ccc(CNc2nc(Cl)nc3sc4c(c23)CCC4)cc1. The smallest absolute Gasteiger partial charge is 0.225 e. The molecule has 1 N–H and O–H groups in total. The number of anilines is 1. The van der Waals surface area contributed by atoms with Gasteiger partial charge in [-0.25, -0.2) is 9.97 Å². The van der Waals surface area contributed by atoms with Crippen LogP contribution in [0.15, 0.2) is 24.3 Å². The number of nitrogens with one attached hydrogen (secondary N) is 1. The fourth-order valence-corrected chi connectivity index (χ4v) is 4.49. The van der Waals surface area contributed by atoms with E-state index in [1.165, 1.54) is 16.9 Å². The van der Waals surface area contributed by atoms with Crippen molar-refractivity contribution >= 4 is 50.6 Å². The van der Waals surface area contributed by atoms with Gasteiger partial charge >= 0.3 is 0 Å². The normalized spacial score (nSPS) is 13.5. The van der Waals surface area contributed by atoms with Crippen LogP contribution in [0.1, 0.15) is 22.4 Å². The molecule has 0 saturated carbocycles. The molecule has 3 nitrogen and oxygen atoms in total. The van der Waals surface area contributed by atoms with E-state index in [9.17, 15) is 0 Å². The van der Waals surface area contributed by atoms with Crippen molar-refractivity contribution in [3.05, 3.63) is 50.6 Å². The molecule has 112 valence electrons. The summed E-state index contributed by atoms with van der Waals surface area (Å²) in [6.45, 7) is 0.685. The lowest BCUT2D eigenvalue weighted by atomic mass is 10.2. The lowest BCUT2D eigenvalue weighted by molar-refractivity contribution is 0.917. The Balaban J connectivity index is 1.70. The largest absolute Gasteiger partial charge is 0.365 e. The summed E-state index contributed by atoms with van der Waals surface area (Å²) in [7, 11) is 0. The number of nitrogens with zero attached hydrogens (tertiary/aromatic N) is 2. The van der Waals surface area contributed by atoms with Crippen molar-refractivity contribution in [3.63, 3.8) is 0 Å². The Morgan fingerprint density at radius 1 is 1.09 bits per heavy atom. The Morgan fingerprint density at radius 2 is 1.91 bits per heavy atom. The van der Waals surface area contributed by atoms with E-state index in [-0.39, 0.29) is 0 Å². The number of fused-ring (bicyclic) bond motifs is 3. The highest BCUT2D eigenvalue weighted by molar-refractivity contribution is 7.19. The maximum absolute atomic E-state index is 6.08. The maximum Gasteiger partial charge on any atom is 0.225 e. The van der Waals surface area contributed by atoms with Crippen molar-refractivity contribution in [2.75, 3.05) is 5.32 Å². The van der Waals surface area contributed by atoms with Crippen LogP contribution in [0.25, 0.3) is 10.2 Å². The summed E-state index contributed by atoms with van der Waals surface area (Å²) >= 11 is 13.7. The zero-order valence-electron chi connectivity index (χ0n) is 11.7. The van der Waals surface area contributed by atoms with Crippen LogP contribution in [0.3, 0.4) is 0 Å². The third kappa shape index (κ3) is 2.56. The van der Waals surface area contributed by atoms with Crippen LogP contribution in [-0.4, -0.2) is 9.97 Å². The van der Waals surface area contributed by atoms with E-state index in [0.717, 1.165) is 39.5 Å². The molecular weight excluding hydrogens is 337 g/mol. The van der Waals surface area contributed by atoms with Crippen molar-refractivity contribution < 1.29 is 0 Å². The molecule has 0 radical (unpaired) electrons. The highest BCUT2D eigenvalue weighted by Crippen LogP contribution is 2.40. The molecule has 2 aromatic heterocycles. The van der Waals surface area contributed by atoms with Crippen LogP contribution in [0.5, 0.6) is 0 Å². The second kappa shape index (κ2) is 5.69. The van der Waals surface area contributed by atoms with Crippen LogP contribution < -0.4 is 5.32 Å². The highest BCUT2D eigenvalue weighted by Gasteiger charge is 2.22. The second-order valence-electron chi connectivity index (χ2n) is 5.36. The second-order valence-corrected chi connectivity index (χ2v) is 7.22. The van der Waals surface area contributed by atoms with Crippen molar-refractivity contribution in [1.29, 1.82) is 0 Å². The van der Waals surface area contributed by atoms with E-state index < -0.39 is 0 Å². The maximum atomic E-state index is 6.08. The number of aryl methyl sites for hydroxylation is 2. The van der Waals surface area contributed by atoms with Crippen LogP contribution in [0.2, 0.25) is 10.3 Å². The minimum Gasteiger partial charge on any atom is -0.365 e. The van der Waals surface area contributed by atoms with E-state index in [0.29, 0.717) is 11.8 Å². The average molecular weight is 350 g/mol. The predicted molar refractivity (Wildman–Crippen MR) is 93.2 cm³/mol. The van der Waals surface area contributed by atoms with Gasteiger partial charge in [-0.3, -0.25) is 0 Å². The first kappa shape index (κ1) is 14.2. The molecule has 0 fully saturated rings. The molecule has 1 aliphatic carbocycles. The van der Waals surface area contributed by atoms with Gasteiger partial charge in [0.05, 0.1) is 5.39 Å². The number of thiophene rings is 1. The van der Waals surface area contributed by atoms with Gasteiger partial charge in [-0.05, 0) is 54.1 Å². The van der Waals surface area contributed by atoms with Crippen molar-refractivity contribution in [2.24, 2.45) is 0 Å². The highest BCUT2D eigenvalue weighted by atomic mass is 35.5. The molecule has 0 bridgehead atoms. The first-order chi connectivity index (χ1) is 10.7. The molecule has 4 rings (SSSR count). The van der Waals surface area contributed by atoms with Crippen LogP contribution in [-0.2, 0) is 19.4 Å². The third-order valence-corrected chi connectivity index (χ3v) is 5.52. The summed E-state index contributed by atoms with van der Waals surface area (Å²) in [6, 6.07) is 7.80. The Hall–Kier alpha value is -1.36. The van der Waals surface area contributed by atoms with Crippen LogP contribution >= 0.6 is 34.5 Å². The fourth-order valence-electron chi connectivity index (χ4n) is 2.89. The lowest BCUT2D eigenvalue weighted by Crippen LogP contribution is -2.03. The quantitative estimate of drug-likeness (QED) is 0.668. The molecule has 0 unspecified atom stereocenters. The van der Waals surface area contributed by atoms with E-state index in [4.69, 9.17) is 23.2 Å². The monoisotopic (exact) mass is 349 g/mol. The molecule has 0 atom stereocenters. The Labute approximate surface area is 142 Å². The Kier molecular flexibility index (Phi) is 3.68. The first-order valence-corrected chi connectivity index (χ1v) is 8.74. The molecule has 2 heterocycles. The first-order valence-electron chi connectivity index (χ1n) is 7.17. The predicted octanol–water partition coefficient (Wildman–Crippen LogP) is 5.10. The third-order valence-electron chi connectivity index (χ3n) is 3.91. The molecule has 0 spiro atoms. The van der Waals surface area contributed by atoms with Crippen molar-refractivity contribution in [1.82, 2.24) is 9.97 Å². The summed E-state index contributed by atoms with van der Waals surface area (Å²) in [5.74, 6) is 0.837. The van der Waals surface area contributed by atoms with Gasteiger partial charge in [-0.2, -0.15) is 0 Å². The Morgan fingerprint density at radius 3 is 2.73 bits per heavy atom. The van der Waals surface area contributed by atoms with Crippen molar-refractivity contribution in [3.8, 4) is 0 Å². The zero-order chi connectivity index (χ0) is 15.1. The summed E-state index contributed by atoms with van der Waals surface area (Å²) in [4.78, 5) is 11.2.